The van der Waals surface area contributed by atoms with E-state index >= 15 is 0 Å². The number of nitrogens with one attached hydrogen (secondary N) is 1. The van der Waals surface area contributed by atoms with Crippen molar-refractivity contribution in [2.45, 2.75) is 50.3 Å². The second-order valence-corrected chi connectivity index (χ2v) is 7.90. The van der Waals surface area contributed by atoms with Crippen molar-refractivity contribution in [1.82, 2.24) is 0 Å². The van der Waals surface area contributed by atoms with Gasteiger partial charge in [-0.2, -0.15) is 0 Å². The molecular weight excluding hydrogens is 332 g/mol. The van der Waals surface area contributed by atoms with Gasteiger partial charge in [-0.25, -0.2) is 13.6 Å². The van der Waals surface area contributed by atoms with Gasteiger partial charge in [0, 0.05) is 12.1 Å². The molecule has 0 unspecified atom stereocenters. The summed E-state index contributed by atoms with van der Waals surface area (Å²) in [6.45, 7) is 1.81. The van der Waals surface area contributed by atoms with E-state index in [4.69, 9.17) is 10.2 Å². The van der Waals surface area contributed by atoms with Gasteiger partial charge in [-0.1, -0.05) is 19.4 Å². The number of primary sulfonamides is 1. The van der Waals surface area contributed by atoms with E-state index in [1.807, 2.05) is 6.92 Å². The number of carboxylic acids is 1. The van der Waals surface area contributed by atoms with Crippen LogP contribution in [0.25, 0.3) is 0 Å². The number of carboxylic acid groups (broad SMARTS) is 1. The average Bonchev–Trinajstić information content (AvgIpc) is 2.43. The highest BCUT2D eigenvalue weighted by molar-refractivity contribution is 7.89. The fraction of sp³-hybridized carbons (Fsp3) is 0.500. The molecule has 4 N–H and O–H groups in total. The van der Waals surface area contributed by atoms with E-state index in [2.05, 4.69) is 5.32 Å². The van der Waals surface area contributed by atoms with Gasteiger partial charge in [0.05, 0.1) is 11.3 Å². The SMILES string of the molecule is CCc1ccc(NC(=O)CC2(CC(=O)O)CCC2)cc1S(N)(=O)=O. The molecule has 0 atom stereocenters. The Morgan fingerprint density at radius 3 is 2.42 bits per heavy atom. The fourth-order valence-electron chi connectivity index (χ4n) is 3.15. The van der Waals surface area contributed by atoms with Crippen LogP contribution in [0, 0.1) is 5.41 Å². The van der Waals surface area contributed by atoms with Crippen molar-refractivity contribution < 1.29 is 23.1 Å². The summed E-state index contributed by atoms with van der Waals surface area (Å²) in [6, 6.07) is 4.58. The number of nitrogens with two attached hydrogens (primary N) is 1. The predicted octanol–water partition coefficient (Wildman–Crippen LogP) is 1.87. The Labute approximate surface area is 141 Å². The Kier molecular flexibility index (Phi) is 5.29. The number of amides is 1. The van der Waals surface area contributed by atoms with E-state index in [1.54, 1.807) is 12.1 Å². The Bertz CT molecular complexity index is 754. The Morgan fingerprint density at radius 1 is 1.29 bits per heavy atom. The maximum atomic E-state index is 12.2. The van der Waals surface area contributed by atoms with Crippen LogP contribution in [0.15, 0.2) is 23.1 Å². The molecule has 1 fully saturated rings. The van der Waals surface area contributed by atoms with E-state index in [1.165, 1.54) is 6.07 Å². The Morgan fingerprint density at radius 2 is 1.96 bits per heavy atom. The maximum absolute atomic E-state index is 12.2. The van der Waals surface area contributed by atoms with Crippen molar-refractivity contribution in [3.8, 4) is 0 Å². The number of carbonyl (C=O) groups is 2. The van der Waals surface area contributed by atoms with E-state index in [-0.39, 0.29) is 23.6 Å². The number of anilines is 1. The lowest BCUT2D eigenvalue weighted by atomic mass is 9.64. The highest BCUT2D eigenvalue weighted by Gasteiger charge is 2.40. The summed E-state index contributed by atoms with van der Waals surface area (Å²) in [5, 5.41) is 16.9. The van der Waals surface area contributed by atoms with Crippen molar-refractivity contribution in [2.75, 3.05) is 5.32 Å². The van der Waals surface area contributed by atoms with E-state index in [0.29, 0.717) is 30.5 Å². The van der Waals surface area contributed by atoms with Crippen LogP contribution in [0.4, 0.5) is 5.69 Å². The summed E-state index contributed by atoms with van der Waals surface area (Å²) in [6.07, 6.45) is 2.92. The zero-order chi connectivity index (χ0) is 18.0. The first kappa shape index (κ1) is 18.4. The monoisotopic (exact) mass is 354 g/mol. The minimum atomic E-state index is -3.88. The molecule has 1 saturated carbocycles. The number of benzene rings is 1. The average molecular weight is 354 g/mol. The van der Waals surface area contributed by atoms with Crippen LogP contribution in [0.5, 0.6) is 0 Å². The van der Waals surface area contributed by atoms with Crippen LogP contribution in [-0.2, 0) is 26.0 Å². The van der Waals surface area contributed by atoms with Gasteiger partial charge in [0.15, 0.2) is 0 Å². The third-order valence-corrected chi connectivity index (χ3v) is 5.51. The number of hydrogen-bond acceptors (Lipinski definition) is 4. The first-order chi connectivity index (χ1) is 11.1. The molecule has 0 aromatic heterocycles. The molecule has 0 radical (unpaired) electrons. The minimum Gasteiger partial charge on any atom is -0.481 e. The topological polar surface area (TPSA) is 127 Å². The summed E-state index contributed by atoms with van der Waals surface area (Å²) >= 11 is 0. The largest absolute Gasteiger partial charge is 0.481 e. The van der Waals surface area contributed by atoms with Gasteiger partial charge in [-0.05, 0) is 42.4 Å². The molecule has 1 amide bonds. The van der Waals surface area contributed by atoms with E-state index in [0.717, 1.165) is 6.42 Å². The van der Waals surface area contributed by atoms with Gasteiger partial charge in [0.2, 0.25) is 15.9 Å². The third kappa shape index (κ3) is 4.33. The van der Waals surface area contributed by atoms with Crippen molar-refractivity contribution in [1.29, 1.82) is 0 Å². The summed E-state index contributed by atoms with van der Waals surface area (Å²) in [5.74, 6) is -1.23. The van der Waals surface area contributed by atoms with Crippen molar-refractivity contribution >= 4 is 27.6 Å². The molecule has 0 heterocycles. The summed E-state index contributed by atoms with van der Waals surface area (Å²) in [5.41, 5.74) is 0.435. The predicted molar refractivity (Wildman–Crippen MR) is 89.0 cm³/mol. The van der Waals surface area contributed by atoms with Crippen LogP contribution in [0.3, 0.4) is 0 Å². The van der Waals surface area contributed by atoms with E-state index in [9.17, 15) is 18.0 Å². The Balaban J connectivity index is 2.13. The Hall–Kier alpha value is -1.93. The van der Waals surface area contributed by atoms with Gasteiger partial charge in [-0.15, -0.1) is 0 Å². The molecule has 7 nitrogen and oxygen atoms in total. The quantitative estimate of drug-likeness (QED) is 0.689. The van der Waals surface area contributed by atoms with Gasteiger partial charge in [0.1, 0.15) is 0 Å². The lowest BCUT2D eigenvalue weighted by molar-refractivity contribution is -0.142. The zero-order valence-corrected chi connectivity index (χ0v) is 14.4. The number of aliphatic carboxylic acids is 1. The maximum Gasteiger partial charge on any atom is 0.303 e. The molecule has 1 aromatic rings. The van der Waals surface area contributed by atoms with Gasteiger partial charge < -0.3 is 10.4 Å². The molecule has 0 saturated heterocycles. The molecule has 1 aliphatic carbocycles. The van der Waals surface area contributed by atoms with Gasteiger partial charge >= 0.3 is 5.97 Å². The number of rotatable bonds is 7. The van der Waals surface area contributed by atoms with Crippen LogP contribution in [-0.4, -0.2) is 25.4 Å². The molecule has 132 valence electrons. The van der Waals surface area contributed by atoms with Gasteiger partial charge in [0.25, 0.3) is 0 Å². The minimum absolute atomic E-state index is 0.00769. The fourth-order valence-corrected chi connectivity index (χ4v) is 4.02. The molecule has 8 heteroatoms. The van der Waals surface area contributed by atoms with Crippen molar-refractivity contribution in [3.63, 3.8) is 0 Å². The molecule has 1 aromatic carbocycles. The number of hydrogen-bond donors (Lipinski definition) is 3. The van der Waals surface area contributed by atoms with Crippen molar-refractivity contribution in [3.05, 3.63) is 23.8 Å². The molecular formula is C16H22N2O5S. The first-order valence-electron chi connectivity index (χ1n) is 7.83. The standard InChI is InChI=1S/C16H22N2O5S/c1-2-11-4-5-12(8-13(11)24(17,22)23)18-14(19)9-16(6-3-7-16)10-15(20)21/h4-5,8H,2-3,6-7,9-10H2,1H3,(H,18,19)(H,20,21)(H2,17,22,23). The molecule has 24 heavy (non-hydrogen) atoms. The van der Waals surface area contributed by atoms with Gasteiger partial charge in [-0.3, -0.25) is 9.59 Å². The summed E-state index contributed by atoms with van der Waals surface area (Å²) in [4.78, 5) is 23.2. The lowest BCUT2D eigenvalue weighted by Crippen LogP contribution is -2.36. The second-order valence-electron chi connectivity index (χ2n) is 6.37. The summed E-state index contributed by atoms with van der Waals surface area (Å²) in [7, 11) is -3.88. The van der Waals surface area contributed by atoms with Crippen LogP contribution in [0.2, 0.25) is 0 Å². The zero-order valence-electron chi connectivity index (χ0n) is 13.5. The normalized spacial score (nSPS) is 16.2. The number of carbonyl (C=O) groups excluding carboxylic acids is 1. The molecule has 1 aliphatic rings. The molecule has 0 spiro atoms. The first-order valence-corrected chi connectivity index (χ1v) is 9.37. The molecule has 2 rings (SSSR count). The van der Waals surface area contributed by atoms with Crippen LogP contribution < -0.4 is 10.5 Å². The number of sulfonamides is 1. The lowest BCUT2D eigenvalue weighted by Gasteiger charge is -2.40. The third-order valence-electron chi connectivity index (χ3n) is 4.51. The smallest absolute Gasteiger partial charge is 0.303 e. The van der Waals surface area contributed by atoms with Crippen molar-refractivity contribution in [2.24, 2.45) is 10.6 Å². The summed E-state index contributed by atoms with van der Waals surface area (Å²) < 4.78 is 23.3. The second kappa shape index (κ2) is 6.90. The molecule has 0 aliphatic heterocycles. The number of aryl methyl sites for hydroxylation is 1. The highest BCUT2D eigenvalue weighted by Crippen LogP contribution is 2.47. The van der Waals surface area contributed by atoms with Crippen LogP contribution >= 0.6 is 0 Å². The van der Waals surface area contributed by atoms with Crippen LogP contribution in [0.1, 0.15) is 44.6 Å². The van der Waals surface area contributed by atoms with E-state index < -0.39 is 21.4 Å². The molecule has 0 bridgehead atoms. The highest BCUT2D eigenvalue weighted by atomic mass is 32.2.